The lowest BCUT2D eigenvalue weighted by Gasteiger charge is -2.14. The molecule has 3 heteroatoms. The highest BCUT2D eigenvalue weighted by Gasteiger charge is 2.23. The Kier molecular flexibility index (Phi) is 3.66. The molecular formula is C6H11F3. The van der Waals surface area contributed by atoms with Gasteiger partial charge in [-0.05, 0) is 5.92 Å². The van der Waals surface area contributed by atoms with Gasteiger partial charge in [-0.3, -0.25) is 4.39 Å². The van der Waals surface area contributed by atoms with E-state index in [-0.39, 0.29) is 5.92 Å². The molecule has 0 aromatic heterocycles. The van der Waals surface area contributed by atoms with Crippen molar-refractivity contribution in [2.45, 2.75) is 20.3 Å². The van der Waals surface area contributed by atoms with E-state index in [1.165, 1.54) is 0 Å². The van der Waals surface area contributed by atoms with E-state index in [2.05, 4.69) is 0 Å². The molecule has 0 radical (unpaired) electrons. The van der Waals surface area contributed by atoms with Crippen molar-refractivity contribution in [3.8, 4) is 0 Å². The normalized spacial score (nSPS) is 15.0. The Balaban J connectivity index is 3.68. The number of rotatable bonds is 3. The molecule has 56 valence electrons. The molecule has 0 aliphatic carbocycles. The van der Waals surface area contributed by atoms with Crippen molar-refractivity contribution in [3.63, 3.8) is 0 Å². The summed E-state index contributed by atoms with van der Waals surface area (Å²) in [5.41, 5.74) is 0. The Morgan fingerprint density at radius 1 is 1.22 bits per heavy atom. The maximum atomic E-state index is 11.7. The molecule has 0 heterocycles. The topological polar surface area (TPSA) is 0 Å². The highest BCUT2D eigenvalue weighted by molar-refractivity contribution is 4.63. The molecular weight excluding hydrogens is 129 g/mol. The summed E-state index contributed by atoms with van der Waals surface area (Å²) in [6.07, 6.45) is -2.52. The Hall–Kier alpha value is -0.210. The number of hydrogen-bond donors (Lipinski definition) is 0. The standard InChI is InChI=1S/C6H11F3/c1-4(2)5(3-7)6(8)9/h4-6H,3H2,1-2H3. The molecule has 0 amide bonds. The molecule has 0 aromatic carbocycles. The molecule has 0 bridgehead atoms. The molecule has 0 saturated heterocycles. The minimum atomic E-state index is -2.52. The van der Waals surface area contributed by atoms with Crippen LogP contribution in [-0.4, -0.2) is 13.1 Å². The smallest absolute Gasteiger partial charge is 0.244 e. The zero-order chi connectivity index (χ0) is 7.44. The second-order valence-corrected chi connectivity index (χ2v) is 2.40. The van der Waals surface area contributed by atoms with Crippen LogP contribution in [-0.2, 0) is 0 Å². The van der Waals surface area contributed by atoms with E-state index in [1.54, 1.807) is 13.8 Å². The van der Waals surface area contributed by atoms with Gasteiger partial charge >= 0.3 is 0 Å². The molecule has 0 nitrogen and oxygen atoms in total. The summed E-state index contributed by atoms with van der Waals surface area (Å²) in [6.45, 7) is 2.27. The quantitative estimate of drug-likeness (QED) is 0.565. The lowest BCUT2D eigenvalue weighted by molar-refractivity contribution is 0.0375. The molecule has 0 aromatic rings. The fourth-order valence-corrected chi connectivity index (χ4v) is 0.536. The van der Waals surface area contributed by atoms with Gasteiger partial charge in [-0.2, -0.15) is 0 Å². The summed E-state index contributed by atoms with van der Waals surface area (Å²) in [4.78, 5) is 0. The van der Waals surface area contributed by atoms with Gasteiger partial charge in [0.25, 0.3) is 0 Å². The minimum absolute atomic E-state index is 0.269. The van der Waals surface area contributed by atoms with Gasteiger partial charge < -0.3 is 0 Å². The van der Waals surface area contributed by atoms with Crippen LogP contribution in [0.15, 0.2) is 0 Å². The van der Waals surface area contributed by atoms with Gasteiger partial charge in [0.1, 0.15) is 0 Å². The van der Waals surface area contributed by atoms with Crippen molar-refractivity contribution in [1.82, 2.24) is 0 Å². The van der Waals surface area contributed by atoms with Gasteiger partial charge in [-0.1, -0.05) is 13.8 Å². The predicted molar refractivity (Wildman–Crippen MR) is 30.3 cm³/mol. The van der Waals surface area contributed by atoms with E-state index in [1.807, 2.05) is 0 Å². The third kappa shape index (κ3) is 2.72. The van der Waals surface area contributed by atoms with Crippen LogP contribution in [0.2, 0.25) is 0 Å². The Labute approximate surface area is 53.1 Å². The van der Waals surface area contributed by atoms with Crippen molar-refractivity contribution >= 4 is 0 Å². The van der Waals surface area contributed by atoms with Gasteiger partial charge in [0.05, 0.1) is 12.6 Å². The molecule has 0 rings (SSSR count). The molecule has 0 N–H and O–H groups in total. The number of halogens is 3. The summed E-state index contributed by atoms with van der Waals surface area (Å²) in [6, 6.07) is 0. The largest absolute Gasteiger partial charge is 0.251 e. The molecule has 0 spiro atoms. The third-order valence-corrected chi connectivity index (χ3v) is 1.36. The fourth-order valence-electron chi connectivity index (χ4n) is 0.536. The van der Waals surface area contributed by atoms with E-state index in [0.29, 0.717) is 0 Å². The number of alkyl halides is 3. The predicted octanol–water partition coefficient (Wildman–Crippen LogP) is 2.49. The maximum absolute atomic E-state index is 11.7. The van der Waals surface area contributed by atoms with Crippen LogP contribution in [0, 0.1) is 11.8 Å². The molecule has 1 atom stereocenters. The van der Waals surface area contributed by atoms with Crippen LogP contribution in [0.1, 0.15) is 13.8 Å². The first-order valence-corrected chi connectivity index (χ1v) is 2.93. The SMILES string of the molecule is CC(C)C(CF)C(F)F. The van der Waals surface area contributed by atoms with Crippen LogP contribution in [0.25, 0.3) is 0 Å². The molecule has 0 aliphatic rings. The monoisotopic (exact) mass is 140 g/mol. The zero-order valence-electron chi connectivity index (χ0n) is 5.57. The zero-order valence-corrected chi connectivity index (χ0v) is 5.57. The van der Waals surface area contributed by atoms with Crippen molar-refractivity contribution < 1.29 is 13.2 Å². The second-order valence-electron chi connectivity index (χ2n) is 2.40. The summed E-state index contributed by atoms with van der Waals surface area (Å²) >= 11 is 0. The van der Waals surface area contributed by atoms with E-state index >= 15 is 0 Å². The van der Waals surface area contributed by atoms with Crippen molar-refractivity contribution in [3.05, 3.63) is 0 Å². The highest BCUT2D eigenvalue weighted by Crippen LogP contribution is 2.19. The summed E-state index contributed by atoms with van der Waals surface area (Å²) < 4.78 is 35.1. The highest BCUT2D eigenvalue weighted by atomic mass is 19.3. The van der Waals surface area contributed by atoms with Crippen molar-refractivity contribution in [2.24, 2.45) is 11.8 Å². The Morgan fingerprint density at radius 2 is 1.67 bits per heavy atom. The Morgan fingerprint density at radius 3 is 1.67 bits per heavy atom. The van der Waals surface area contributed by atoms with E-state index in [0.717, 1.165) is 0 Å². The van der Waals surface area contributed by atoms with Gasteiger partial charge in [-0.25, -0.2) is 8.78 Å². The minimum Gasteiger partial charge on any atom is -0.251 e. The fraction of sp³-hybridized carbons (Fsp3) is 1.00. The molecule has 1 unspecified atom stereocenters. The van der Waals surface area contributed by atoms with Crippen molar-refractivity contribution in [1.29, 1.82) is 0 Å². The van der Waals surface area contributed by atoms with Crippen LogP contribution >= 0.6 is 0 Å². The third-order valence-electron chi connectivity index (χ3n) is 1.36. The maximum Gasteiger partial charge on any atom is 0.244 e. The summed E-state index contributed by atoms with van der Waals surface area (Å²) in [5, 5.41) is 0. The van der Waals surface area contributed by atoms with Crippen LogP contribution in [0.4, 0.5) is 13.2 Å². The van der Waals surface area contributed by atoms with Crippen LogP contribution in [0.3, 0.4) is 0 Å². The molecule has 0 saturated carbocycles. The summed E-state index contributed by atoms with van der Waals surface area (Å²) in [7, 11) is 0. The number of hydrogen-bond acceptors (Lipinski definition) is 0. The van der Waals surface area contributed by atoms with E-state index in [4.69, 9.17) is 0 Å². The van der Waals surface area contributed by atoms with Crippen LogP contribution < -0.4 is 0 Å². The summed E-state index contributed by atoms with van der Waals surface area (Å²) in [5.74, 6) is -1.35. The average molecular weight is 140 g/mol. The van der Waals surface area contributed by atoms with Crippen molar-refractivity contribution in [2.75, 3.05) is 6.67 Å². The van der Waals surface area contributed by atoms with E-state index in [9.17, 15) is 13.2 Å². The average Bonchev–Trinajstić information content (AvgIpc) is 1.64. The molecule has 0 aliphatic heterocycles. The van der Waals surface area contributed by atoms with Crippen LogP contribution in [0.5, 0.6) is 0 Å². The lowest BCUT2D eigenvalue weighted by atomic mass is 9.98. The van der Waals surface area contributed by atoms with E-state index < -0.39 is 19.0 Å². The Bertz CT molecular complexity index is 62.7. The first kappa shape index (κ1) is 8.79. The van der Waals surface area contributed by atoms with Gasteiger partial charge in [0.15, 0.2) is 0 Å². The van der Waals surface area contributed by atoms with Gasteiger partial charge in [0, 0.05) is 0 Å². The lowest BCUT2D eigenvalue weighted by Crippen LogP contribution is -2.19. The van der Waals surface area contributed by atoms with Gasteiger partial charge in [-0.15, -0.1) is 0 Å². The second kappa shape index (κ2) is 3.75. The first-order valence-electron chi connectivity index (χ1n) is 2.93. The molecule has 0 fully saturated rings. The molecule has 9 heavy (non-hydrogen) atoms. The first-order chi connectivity index (χ1) is 4.09. The van der Waals surface area contributed by atoms with Gasteiger partial charge in [0.2, 0.25) is 6.43 Å².